The van der Waals surface area contributed by atoms with Crippen LogP contribution in [0.3, 0.4) is 0 Å². The van der Waals surface area contributed by atoms with Gasteiger partial charge in [0.25, 0.3) is 0 Å². The number of likely N-dealkylation sites (N-methyl/N-ethyl adjacent to an activating group) is 1. The van der Waals surface area contributed by atoms with Crippen molar-refractivity contribution in [1.29, 1.82) is 0 Å². The number of ether oxygens (including phenoxy) is 2. The van der Waals surface area contributed by atoms with Crippen molar-refractivity contribution in [2.45, 2.75) is 6.10 Å². The van der Waals surface area contributed by atoms with Crippen LogP contribution in [0.2, 0.25) is 0 Å². The Bertz CT molecular complexity index is 998. The molecule has 0 saturated carbocycles. The van der Waals surface area contributed by atoms with Gasteiger partial charge in [-0.3, -0.25) is 4.79 Å². The van der Waals surface area contributed by atoms with E-state index in [-0.39, 0.29) is 25.6 Å². The Morgan fingerprint density at radius 3 is 2.20 bits per heavy atom. The van der Waals surface area contributed by atoms with E-state index in [2.05, 4.69) is 5.32 Å². The van der Waals surface area contributed by atoms with Gasteiger partial charge in [-0.05, 0) is 11.1 Å². The number of nitrogens with one attached hydrogen (secondary N) is 1. The molecular formula is C20H21ClN2O6S. The minimum absolute atomic E-state index is 0.148. The highest BCUT2D eigenvalue weighted by atomic mass is 35.7. The predicted octanol–water partition coefficient (Wildman–Crippen LogP) is 2.48. The van der Waals surface area contributed by atoms with Gasteiger partial charge < -0.3 is 19.7 Å². The third kappa shape index (κ3) is 5.50. The molecule has 160 valence electrons. The average molecular weight is 453 g/mol. The summed E-state index contributed by atoms with van der Waals surface area (Å²) in [5, 5.41) is 2.43. The van der Waals surface area contributed by atoms with Crippen LogP contribution in [0.25, 0.3) is 11.1 Å². The summed E-state index contributed by atoms with van der Waals surface area (Å²) in [6.07, 6.45) is -1.19. The standard InChI is InChI=1S/C20H21ClN2O6S/c1-23(12-18(24)22-13-28-10-11-30(21,26)27)20(25)29-19-16-8-4-2-6-14(16)15-7-3-5-9-17(15)19/h2-9,19H,10-13H2,1H3,(H,22,24). The summed E-state index contributed by atoms with van der Waals surface area (Å²) in [5.41, 5.74) is 3.82. The van der Waals surface area contributed by atoms with Gasteiger partial charge in [-0.15, -0.1) is 0 Å². The molecule has 10 heteroatoms. The summed E-state index contributed by atoms with van der Waals surface area (Å²) in [4.78, 5) is 25.7. The van der Waals surface area contributed by atoms with Crippen LogP contribution in [-0.4, -0.2) is 58.0 Å². The van der Waals surface area contributed by atoms with E-state index in [1.165, 1.54) is 7.05 Å². The van der Waals surface area contributed by atoms with Crippen LogP contribution in [0, 0.1) is 0 Å². The van der Waals surface area contributed by atoms with E-state index in [0.717, 1.165) is 27.2 Å². The van der Waals surface area contributed by atoms with Crippen LogP contribution in [0.4, 0.5) is 4.79 Å². The third-order valence-electron chi connectivity index (χ3n) is 4.53. The SMILES string of the molecule is CN(CC(=O)NCOCCS(=O)(=O)Cl)C(=O)OC1c2ccccc2-c2ccccc21. The van der Waals surface area contributed by atoms with E-state index in [9.17, 15) is 18.0 Å². The number of benzene rings is 2. The molecule has 0 heterocycles. The number of hydrogen-bond acceptors (Lipinski definition) is 6. The molecule has 0 saturated heterocycles. The number of hydrogen-bond donors (Lipinski definition) is 1. The second-order valence-corrected chi connectivity index (χ2v) is 9.59. The Hall–Kier alpha value is -2.62. The zero-order chi connectivity index (χ0) is 21.7. The first kappa shape index (κ1) is 22.1. The number of fused-ring (bicyclic) bond motifs is 3. The van der Waals surface area contributed by atoms with E-state index in [1.54, 1.807) is 0 Å². The molecule has 0 unspecified atom stereocenters. The summed E-state index contributed by atoms with van der Waals surface area (Å²) in [6, 6.07) is 15.4. The molecule has 0 fully saturated rings. The highest BCUT2D eigenvalue weighted by molar-refractivity contribution is 8.13. The fraction of sp³-hybridized carbons (Fsp3) is 0.300. The molecule has 0 spiro atoms. The van der Waals surface area contributed by atoms with Crippen molar-refractivity contribution in [2.75, 3.05) is 32.7 Å². The van der Waals surface area contributed by atoms with Gasteiger partial charge in [0.1, 0.15) is 13.3 Å². The van der Waals surface area contributed by atoms with Gasteiger partial charge in [0.2, 0.25) is 15.0 Å². The lowest BCUT2D eigenvalue weighted by atomic mass is 10.1. The van der Waals surface area contributed by atoms with Crippen LogP contribution in [0.15, 0.2) is 48.5 Å². The van der Waals surface area contributed by atoms with Gasteiger partial charge in [0.15, 0.2) is 6.10 Å². The molecule has 0 atom stereocenters. The number of carbonyl (C=O) groups excluding carboxylic acids is 2. The van der Waals surface area contributed by atoms with Crippen LogP contribution in [-0.2, 0) is 23.3 Å². The van der Waals surface area contributed by atoms with Crippen molar-refractivity contribution in [1.82, 2.24) is 10.2 Å². The van der Waals surface area contributed by atoms with Gasteiger partial charge >= 0.3 is 6.09 Å². The lowest BCUT2D eigenvalue weighted by Crippen LogP contribution is -2.39. The highest BCUT2D eigenvalue weighted by Crippen LogP contribution is 2.45. The summed E-state index contributed by atoms with van der Waals surface area (Å²) >= 11 is 0. The van der Waals surface area contributed by atoms with Gasteiger partial charge in [-0.25, -0.2) is 13.2 Å². The largest absolute Gasteiger partial charge is 0.436 e. The van der Waals surface area contributed by atoms with Gasteiger partial charge in [-0.2, -0.15) is 0 Å². The maximum atomic E-state index is 12.6. The summed E-state index contributed by atoms with van der Waals surface area (Å²) < 4.78 is 32.2. The third-order valence-corrected chi connectivity index (χ3v) is 5.65. The van der Waals surface area contributed by atoms with Crippen molar-refractivity contribution in [3.05, 3.63) is 59.7 Å². The molecule has 3 rings (SSSR count). The van der Waals surface area contributed by atoms with Crippen LogP contribution in [0.5, 0.6) is 0 Å². The van der Waals surface area contributed by atoms with E-state index in [0.29, 0.717) is 0 Å². The fourth-order valence-electron chi connectivity index (χ4n) is 3.13. The summed E-state index contributed by atoms with van der Waals surface area (Å²) in [5.74, 6) is -0.837. The van der Waals surface area contributed by atoms with Gasteiger partial charge in [0.05, 0.1) is 12.4 Å². The molecule has 30 heavy (non-hydrogen) atoms. The highest BCUT2D eigenvalue weighted by Gasteiger charge is 2.32. The van der Waals surface area contributed by atoms with Crippen molar-refractivity contribution in [2.24, 2.45) is 0 Å². The maximum Gasteiger partial charge on any atom is 0.410 e. The minimum Gasteiger partial charge on any atom is -0.436 e. The molecule has 1 aliphatic carbocycles. The Morgan fingerprint density at radius 2 is 1.63 bits per heavy atom. The van der Waals surface area contributed by atoms with E-state index in [4.69, 9.17) is 20.2 Å². The number of amides is 2. The molecule has 1 N–H and O–H groups in total. The predicted molar refractivity (Wildman–Crippen MR) is 111 cm³/mol. The molecule has 2 amide bonds. The zero-order valence-electron chi connectivity index (χ0n) is 16.2. The molecule has 0 aromatic heterocycles. The van der Waals surface area contributed by atoms with E-state index < -0.39 is 27.2 Å². The maximum absolute atomic E-state index is 12.6. The minimum atomic E-state index is -3.64. The van der Waals surface area contributed by atoms with Crippen molar-refractivity contribution < 1.29 is 27.5 Å². The molecule has 8 nitrogen and oxygen atoms in total. The van der Waals surface area contributed by atoms with Crippen molar-refractivity contribution >= 4 is 31.7 Å². The number of halogens is 1. The summed E-state index contributed by atoms with van der Waals surface area (Å²) in [6.45, 7) is -0.589. The van der Waals surface area contributed by atoms with Gasteiger partial charge in [0, 0.05) is 28.9 Å². The average Bonchev–Trinajstić information content (AvgIpc) is 3.01. The fourth-order valence-corrected chi connectivity index (χ4v) is 3.63. The molecule has 0 bridgehead atoms. The Labute approximate surface area is 179 Å². The Kier molecular flexibility index (Phi) is 6.96. The first-order valence-corrected chi connectivity index (χ1v) is 11.6. The van der Waals surface area contributed by atoms with E-state index in [1.807, 2.05) is 48.5 Å². The van der Waals surface area contributed by atoms with Crippen LogP contribution < -0.4 is 5.32 Å². The normalized spacial score (nSPS) is 12.7. The lowest BCUT2D eigenvalue weighted by Gasteiger charge is -2.21. The monoisotopic (exact) mass is 452 g/mol. The molecule has 0 aliphatic heterocycles. The number of nitrogens with zero attached hydrogens (tertiary/aromatic N) is 1. The Balaban J connectivity index is 1.53. The molecular weight excluding hydrogens is 432 g/mol. The van der Waals surface area contributed by atoms with Gasteiger partial charge in [-0.1, -0.05) is 48.5 Å². The zero-order valence-corrected chi connectivity index (χ0v) is 17.8. The lowest BCUT2D eigenvalue weighted by molar-refractivity contribution is -0.123. The van der Waals surface area contributed by atoms with Crippen LogP contribution >= 0.6 is 10.7 Å². The smallest absolute Gasteiger partial charge is 0.410 e. The second kappa shape index (κ2) is 9.46. The Morgan fingerprint density at radius 1 is 1.07 bits per heavy atom. The van der Waals surface area contributed by atoms with Crippen molar-refractivity contribution in [3.63, 3.8) is 0 Å². The topological polar surface area (TPSA) is 102 Å². The second-order valence-electron chi connectivity index (χ2n) is 6.69. The quantitative estimate of drug-likeness (QED) is 0.375. The van der Waals surface area contributed by atoms with Crippen LogP contribution in [0.1, 0.15) is 17.2 Å². The first-order valence-electron chi connectivity index (χ1n) is 9.13. The molecule has 0 radical (unpaired) electrons. The summed E-state index contributed by atoms with van der Waals surface area (Å²) in [7, 11) is 2.87. The van der Waals surface area contributed by atoms with E-state index >= 15 is 0 Å². The number of carbonyl (C=O) groups is 2. The van der Waals surface area contributed by atoms with Crippen molar-refractivity contribution in [3.8, 4) is 11.1 Å². The number of rotatable bonds is 8. The molecule has 2 aromatic carbocycles. The first-order chi connectivity index (χ1) is 14.3. The molecule has 1 aliphatic rings. The molecule has 2 aromatic rings.